The smallest absolute Gasteiger partial charge is 0.158 e. The topological polar surface area (TPSA) is 19.4 Å². The van der Waals surface area contributed by atoms with E-state index >= 15 is 0 Å². The van der Waals surface area contributed by atoms with Gasteiger partial charge in [-0.05, 0) is 63.1 Å². The molecule has 132 valence electrons. The molecule has 0 N–H and O–H groups in total. The van der Waals surface area contributed by atoms with Gasteiger partial charge in [0.2, 0.25) is 0 Å². The Kier molecular flexibility index (Phi) is 4.15. The molecule has 0 fully saturated rings. The lowest BCUT2D eigenvalue weighted by molar-refractivity contribution is 0.709. The molecule has 0 saturated heterocycles. The van der Waals surface area contributed by atoms with Gasteiger partial charge in [0.15, 0.2) is 5.82 Å². The lowest BCUT2D eigenvalue weighted by Gasteiger charge is -2.24. The van der Waals surface area contributed by atoms with E-state index in [0.29, 0.717) is 6.04 Å². The summed E-state index contributed by atoms with van der Waals surface area (Å²) in [5, 5.41) is 0. The monoisotopic (exact) mass is 343 g/mol. The fourth-order valence-corrected chi connectivity index (χ4v) is 3.77. The van der Waals surface area contributed by atoms with Crippen LogP contribution in [0.3, 0.4) is 0 Å². The van der Waals surface area contributed by atoms with E-state index < -0.39 is 0 Å². The van der Waals surface area contributed by atoms with Gasteiger partial charge in [-0.15, -0.1) is 0 Å². The molecule has 2 aromatic carbocycles. The number of fused-ring (bicyclic) bond motifs is 1. The average Bonchev–Trinajstić information content (AvgIpc) is 3.01. The summed E-state index contributed by atoms with van der Waals surface area (Å²) in [6.45, 7) is 9.62. The predicted molar refractivity (Wildman–Crippen MR) is 110 cm³/mol. The molecule has 1 aliphatic rings. The van der Waals surface area contributed by atoms with Crippen molar-refractivity contribution in [2.24, 2.45) is 0 Å². The third-order valence-electron chi connectivity index (χ3n) is 5.14. The fraction of sp³-hybridized carbons (Fsp3) is 0.261. The molecule has 0 radical (unpaired) electrons. The fourth-order valence-electron chi connectivity index (χ4n) is 3.77. The van der Waals surface area contributed by atoms with Crippen molar-refractivity contribution in [1.82, 2.24) is 4.98 Å². The number of hydrogen-bond acceptors (Lipinski definition) is 3. The van der Waals surface area contributed by atoms with E-state index in [9.17, 15) is 0 Å². The molecule has 0 atom stereocenters. The van der Waals surface area contributed by atoms with Crippen molar-refractivity contribution in [3.63, 3.8) is 0 Å². The summed E-state index contributed by atoms with van der Waals surface area (Å²) < 4.78 is 0. The van der Waals surface area contributed by atoms with Crippen LogP contribution in [0.1, 0.15) is 25.0 Å². The minimum atomic E-state index is 0.426. The maximum Gasteiger partial charge on any atom is 0.158 e. The molecule has 4 rings (SSSR count). The van der Waals surface area contributed by atoms with Crippen LogP contribution >= 0.6 is 0 Å². The zero-order valence-electron chi connectivity index (χ0n) is 15.9. The van der Waals surface area contributed by atoms with Crippen molar-refractivity contribution >= 4 is 17.2 Å². The van der Waals surface area contributed by atoms with Gasteiger partial charge in [-0.2, -0.15) is 0 Å². The predicted octanol–water partition coefficient (Wildman–Crippen LogP) is 5.69. The standard InChI is InChI=1S/C23H25N3/c1-16(2)25-15-26(19-11-6-5-7-12-19)23-21(25)14-13-20(24-23)22-17(3)9-8-10-18(22)4/h5-14,16H,15H2,1-4H3. The van der Waals surface area contributed by atoms with Crippen LogP contribution in [-0.2, 0) is 0 Å². The first-order chi connectivity index (χ1) is 12.6. The largest absolute Gasteiger partial charge is 0.348 e. The molecule has 0 amide bonds. The van der Waals surface area contributed by atoms with E-state index in [4.69, 9.17) is 4.98 Å². The van der Waals surface area contributed by atoms with Crippen LogP contribution in [0.25, 0.3) is 11.3 Å². The van der Waals surface area contributed by atoms with Crippen LogP contribution in [-0.4, -0.2) is 17.7 Å². The van der Waals surface area contributed by atoms with Gasteiger partial charge >= 0.3 is 0 Å². The summed E-state index contributed by atoms with van der Waals surface area (Å²) >= 11 is 0. The summed E-state index contributed by atoms with van der Waals surface area (Å²) in [5.41, 5.74) is 7.21. The molecule has 26 heavy (non-hydrogen) atoms. The van der Waals surface area contributed by atoms with Crippen LogP contribution in [0.2, 0.25) is 0 Å². The summed E-state index contributed by atoms with van der Waals surface area (Å²) in [7, 11) is 0. The number of anilines is 3. The Morgan fingerprint density at radius 3 is 2.19 bits per heavy atom. The van der Waals surface area contributed by atoms with Crippen LogP contribution in [0.5, 0.6) is 0 Å². The highest BCUT2D eigenvalue weighted by molar-refractivity contribution is 5.82. The molecule has 0 saturated carbocycles. The minimum Gasteiger partial charge on any atom is -0.348 e. The van der Waals surface area contributed by atoms with Crippen molar-refractivity contribution in [1.29, 1.82) is 0 Å². The lowest BCUT2D eigenvalue weighted by atomic mass is 9.99. The van der Waals surface area contributed by atoms with Crippen molar-refractivity contribution in [2.75, 3.05) is 16.5 Å². The summed E-state index contributed by atoms with van der Waals surface area (Å²) in [4.78, 5) is 9.84. The highest BCUT2D eigenvalue weighted by Crippen LogP contribution is 2.41. The highest BCUT2D eigenvalue weighted by Gasteiger charge is 2.30. The zero-order valence-corrected chi connectivity index (χ0v) is 15.9. The zero-order chi connectivity index (χ0) is 18.3. The third-order valence-corrected chi connectivity index (χ3v) is 5.14. The van der Waals surface area contributed by atoms with Gasteiger partial charge in [-0.1, -0.05) is 36.4 Å². The quantitative estimate of drug-likeness (QED) is 0.609. The Morgan fingerprint density at radius 2 is 1.54 bits per heavy atom. The maximum atomic E-state index is 5.12. The number of aromatic nitrogens is 1. The molecule has 0 bridgehead atoms. The molecule has 0 spiro atoms. The van der Waals surface area contributed by atoms with Crippen molar-refractivity contribution in [2.45, 2.75) is 33.7 Å². The van der Waals surface area contributed by atoms with E-state index in [1.54, 1.807) is 0 Å². The second kappa shape index (κ2) is 6.49. The van der Waals surface area contributed by atoms with E-state index in [2.05, 4.69) is 98.2 Å². The molecule has 3 heteroatoms. The van der Waals surface area contributed by atoms with Crippen LogP contribution in [0.15, 0.2) is 60.7 Å². The molecule has 3 aromatic rings. The summed E-state index contributed by atoms with van der Waals surface area (Å²) in [5.74, 6) is 1.05. The van der Waals surface area contributed by atoms with Gasteiger partial charge in [0.1, 0.15) is 0 Å². The van der Waals surface area contributed by atoms with E-state index in [-0.39, 0.29) is 0 Å². The number of pyridine rings is 1. The second-order valence-electron chi connectivity index (χ2n) is 7.27. The van der Waals surface area contributed by atoms with Crippen LogP contribution in [0.4, 0.5) is 17.2 Å². The third kappa shape index (κ3) is 2.74. The minimum absolute atomic E-state index is 0.426. The lowest BCUT2D eigenvalue weighted by Crippen LogP contribution is -2.33. The molecule has 1 aliphatic heterocycles. The average molecular weight is 343 g/mol. The second-order valence-corrected chi connectivity index (χ2v) is 7.27. The Labute approximate surface area is 155 Å². The normalized spacial score (nSPS) is 13.4. The number of aryl methyl sites for hydroxylation is 2. The Hall–Kier alpha value is -2.81. The molecule has 3 nitrogen and oxygen atoms in total. The molecular formula is C23H25N3. The highest BCUT2D eigenvalue weighted by atomic mass is 15.4. The Balaban J connectivity index is 1.87. The number of nitrogens with zero attached hydrogens (tertiary/aromatic N) is 3. The first-order valence-corrected chi connectivity index (χ1v) is 9.23. The molecule has 1 aromatic heterocycles. The number of benzene rings is 2. The van der Waals surface area contributed by atoms with Gasteiger partial charge in [0, 0.05) is 17.3 Å². The van der Waals surface area contributed by atoms with Gasteiger partial charge in [-0.3, -0.25) is 0 Å². The number of hydrogen-bond donors (Lipinski definition) is 0. The van der Waals surface area contributed by atoms with E-state index in [1.807, 2.05) is 0 Å². The van der Waals surface area contributed by atoms with Gasteiger partial charge in [0.05, 0.1) is 18.1 Å². The number of para-hydroxylation sites is 1. The SMILES string of the molecule is Cc1cccc(C)c1-c1ccc2c(n1)N(c1ccccc1)CN2C(C)C. The van der Waals surface area contributed by atoms with Crippen LogP contribution < -0.4 is 9.80 Å². The van der Waals surface area contributed by atoms with Crippen LogP contribution in [0, 0.1) is 13.8 Å². The van der Waals surface area contributed by atoms with Gasteiger partial charge < -0.3 is 9.80 Å². The van der Waals surface area contributed by atoms with Gasteiger partial charge in [-0.25, -0.2) is 4.98 Å². The number of rotatable bonds is 3. The first kappa shape index (κ1) is 16.6. The Morgan fingerprint density at radius 1 is 0.846 bits per heavy atom. The Bertz CT molecular complexity index is 911. The maximum absolute atomic E-state index is 5.12. The van der Waals surface area contributed by atoms with Crippen molar-refractivity contribution in [3.05, 3.63) is 71.8 Å². The van der Waals surface area contributed by atoms with E-state index in [0.717, 1.165) is 18.2 Å². The van der Waals surface area contributed by atoms with Crippen molar-refractivity contribution < 1.29 is 0 Å². The molecule has 0 aliphatic carbocycles. The van der Waals surface area contributed by atoms with Gasteiger partial charge in [0.25, 0.3) is 0 Å². The molecule has 0 unspecified atom stereocenters. The summed E-state index contributed by atoms with van der Waals surface area (Å²) in [6.07, 6.45) is 0. The van der Waals surface area contributed by atoms with E-state index in [1.165, 1.54) is 28.1 Å². The molecule has 2 heterocycles. The summed E-state index contributed by atoms with van der Waals surface area (Å²) in [6, 6.07) is 21.8. The first-order valence-electron chi connectivity index (χ1n) is 9.23. The molecular weight excluding hydrogens is 318 g/mol. The van der Waals surface area contributed by atoms with Crippen molar-refractivity contribution in [3.8, 4) is 11.3 Å².